The lowest BCUT2D eigenvalue weighted by molar-refractivity contribution is 0.0195. The van der Waals surface area contributed by atoms with E-state index in [2.05, 4.69) is 52.0 Å². The highest BCUT2D eigenvalue weighted by molar-refractivity contribution is 5.21. The summed E-state index contributed by atoms with van der Waals surface area (Å²) in [4.78, 5) is 0. The van der Waals surface area contributed by atoms with Crippen molar-refractivity contribution >= 4 is 0 Å². The van der Waals surface area contributed by atoms with Gasteiger partial charge in [0.2, 0.25) is 0 Å². The van der Waals surface area contributed by atoms with Gasteiger partial charge >= 0.3 is 0 Å². The van der Waals surface area contributed by atoms with Crippen LogP contribution in [0.1, 0.15) is 31.9 Å². The van der Waals surface area contributed by atoms with Gasteiger partial charge in [0.1, 0.15) is 0 Å². The highest BCUT2D eigenvalue weighted by Gasteiger charge is 2.05. The molecule has 0 aliphatic heterocycles. The molecule has 1 nitrogen and oxygen atoms in total. The fraction of sp³-hybridized carbons (Fsp3) is 0.538. The van der Waals surface area contributed by atoms with Crippen LogP contribution in [0.5, 0.6) is 0 Å². The van der Waals surface area contributed by atoms with E-state index in [1.807, 2.05) is 0 Å². The van der Waals surface area contributed by atoms with Gasteiger partial charge in [-0.05, 0) is 39.7 Å². The predicted molar refractivity (Wildman–Crippen MR) is 60.6 cm³/mol. The zero-order valence-corrected chi connectivity index (χ0v) is 9.58. The molecule has 78 valence electrons. The molecule has 1 unspecified atom stereocenters. The number of hydrogen-bond acceptors (Lipinski definition) is 1. The molecule has 14 heavy (non-hydrogen) atoms. The van der Waals surface area contributed by atoms with E-state index in [1.54, 1.807) is 0 Å². The van der Waals surface area contributed by atoms with Crippen LogP contribution in [0, 0.1) is 6.92 Å². The summed E-state index contributed by atoms with van der Waals surface area (Å²) in [6, 6.07) is 8.65. The quantitative estimate of drug-likeness (QED) is 0.711. The van der Waals surface area contributed by atoms with Crippen LogP contribution >= 0.6 is 0 Å². The van der Waals surface area contributed by atoms with E-state index in [9.17, 15) is 0 Å². The van der Waals surface area contributed by atoms with Crippen molar-refractivity contribution in [1.29, 1.82) is 0 Å². The monoisotopic (exact) mass is 192 g/mol. The smallest absolute Gasteiger partial charge is 0.0590 e. The van der Waals surface area contributed by atoms with E-state index in [0.717, 1.165) is 6.42 Å². The molecule has 1 heteroatoms. The first-order chi connectivity index (χ1) is 6.58. The van der Waals surface area contributed by atoms with E-state index in [0.29, 0.717) is 12.2 Å². The number of rotatable bonds is 4. The second kappa shape index (κ2) is 5.16. The van der Waals surface area contributed by atoms with Crippen LogP contribution in [0.2, 0.25) is 0 Å². The number of hydrogen-bond donors (Lipinski definition) is 0. The Balaban J connectivity index is 2.47. The highest BCUT2D eigenvalue weighted by atomic mass is 16.5. The van der Waals surface area contributed by atoms with E-state index in [-0.39, 0.29) is 0 Å². The largest absolute Gasteiger partial charge is 0.376 e. The second-order valence-corrected chi connectivity index (χ2v) is 4.19. The standard InChI is InChI=1S/C13H20O/c1-10(2)14-12(4)9-13-7-5-11(3)6-8-13/h5-8,10,12H,9H2,1-4H3. The summed E-state index contributed by atoms with van der Waals surface area (Å²) in [6.07, 6.45) is 1.62. The molecule has 0 N–H and O–H groups in total. The zero-order valence-electron chi connectivity index (χ0n) is 9.58. The lowest BCUT2D eigenvalue weighted by atomic mass is 10.1. The van der Waals surface area contributed by atoms with Crippen LogP contribution in [0.15, 0.2) is 24.3 Å². The molecule has 0 bridgehead atoms. The van der Waals surface area contributed by atoms with Gasteiger partial charge in [-0.2, -0.15) is 0 Å². The Morgan fingerprint density at radius 2 is 1.64 bits per heavy atom. The lowest BCUT2D eigenvalue weighted by Crippen LogP contribution is -2.16. The van der Waals surface area contributed by atoms with Gasteiger partial charge in [0.25, 0.3) is 0 Å². The highest BCUT2D eigenvalue weighted by Crippen LogP contribution is 2.09. The number of benzene rings is 1. The van der Waals surface area contributed by atoms with Crippen LogP contribution in [-0.4, -0.2) is 12.2 Å². The van der Waals surface area contributed by atoms with Crippen LogP contribution in [0.4, 0.5) is 0 Å². The van der Waals surface area contributed by atoms with Crippen molar-refractivity contribution in [2.45, 2.75) is 46.3 Å². The van der Waals surface area contributed by atoms with E-state index in [1.165, 1.54) is 11.1 Å². The molecule has 1 aromatic rings. The molecule has 1 rings (SSSR count). The van der Waals surface area contributed by atoms with Crippen molar-refractivity contribution in [1.82, 2.24) is 0 Å². The normalized spacial score (nSPS) is 13.2. The van der Waals surface area contributed by atoms with Gasteiger partial charge in [-0.25, -0.2) is 0 Å². The van der Waals surface area contributed by atoms with E-state index < -0.39 is 0 Å². The molecular weight excluding hydrogens is 172 g/mol. The summed E-state index contributed by atoms with van der Waals surface area (Å²) in [5.74, 6) is 0. The van der Waals surface area contributed by atoms with Crippen molar-refractivity contribution in [2.24, 2.45) is 0 Å². The van der Waals surface area contributed by atoms with Crippen LogP contribution in [-0.2, 0) is 11.2 Å². The fourth-order valence-electron chi connectivity index (χ4n) is 1.57. The average Bonchev–Trinajstić information content (AvgIpc) is 2.07. The molecule has 0 fully saturated rings. The van der Waals surface area contributed by atoms with Crippen molar-refractivity contribution in [2.75, 3.05) is 0 Å². The summed E-state index contributed by atoms with van der Waals surface area (Å²) in [5.41, 5.74) is 2.66. The van der Waals surface area contributed by atoms with Crippen LogP contribution in [0.25, 0.3) is 0 Å². The Morgan fingerprint density at radius 1 is 1.07 bits per heavy atom. The van der Waals surface area contributed by atoms with Crippen LogP contribution < -0.4 is 0 Å². The number of ether oxygens (including phenoxy) is 1. The topological polar surface area (TPSA) is 9.23 Å². The van der Waals surface area contributed by atoms with Crippen molar-refractivity contribution in [3.63, 3.8) is 0 Å². The predicted octanol–water partition coefficient (Wildman–Crippen LogP) is 3.35. The minimum absolute atomic E-state index is 0.303. The summed E-state index contributed by atoms with van der Waals surface area (Å²) >= 11 is 0. The first kappa shape index (κ1) is 11.3. The first-order valence-electron chi connectivity index (χ1n) is 5.29. The summed E-state index contributed by atoms with van der Waals surface area (Å²) in [7, 11) is 0. The average molecular weight is 192 g/mol. The van der Waals surface area contributed by atoms with Gasteiger partial charge in [-0.1, -0.05) is 29.8 Å². The molecule has 0 saturated carbocycles. The molecular formula is C13H20O. The third-order valence-corrected chi connectivity index (χ3v) is 2.15. The minimum atomic E-state index is 0.303. The summed E-state index contributed by atoms with van der Waals surface area (Å²) in [5, 5.41) is 0. The Kier molecular flexibility index (Phi) is 4.15. The summed E-state index contributed by atoms with van der Waals surface area (Å²) in [6.45, 7) is 8.38. The summed E-state index contributed by atoms with van der Waals surface area (Å²) < 4.78 is 5.68. The third-order valence-electron chi connectivity index (χ3n) is 2.15. The van der Waals surface area contributed by atoms with Gasteiger partial charge in [0.05, 0.1) is 12.2 Å². The molecule has 0 aromatic heterocycles. The van der Waals surface area contributed by atoms with Gasteiger partial charge in [-0.15, -0.1) is 0 Å². The maximum Gasteiger partial charge on any atom is 0.0590 e. The van der Waals surface area contributed by atoms with Crippen molar-refractivity contribution in [3.8, 4) is 0 Å². The Labute approximate surface area is 87.1 Å². The molecule has 0 heterocycles. The maximum atomic E-state index is 5.68. The van der Waals surface area contributed by atoms with Crippen LogP contribution in [0.3, 0.4) is 0 Å². The molecule has 1 aromatic carbocycles. The SMILES string of the molecule is Cc1ccc(CC(C)OC(C)C)cc1. The van der Waals surface area contributed by atoms with Gasteiger partial charge < -0.3 is 4.74 Å². The van der Waals surface area contributed by atoms with E-state index in [4.69, 9.17) is 4.74 Å². The molecule has 0 aliphatic rings. The zero-order chi connectivity index (χ0) is 10.6. The lowest BCUT2D eigenvalue weighted by Gasteiger charge is -2.16. The van der Waals surface area contributed by atoms with Gasteiger partial charge in [-0.3, -0.25) is 0 Å². The van der Waals surface area contributed by atoms with Gasteiger partial charge in [0.15, 0.2) is 0 Å². The molecule has 0 radical (unpaired) electrons. The number of aryl methyl sites for hydroxylation is 1. The van der Waals surface area contributed by atoms with Crippen molar-refractivity contribution in [3.05, 3.63) is 35.4 Å². The molecule has 0 spiro atoms. The molecule has 0 aliphatic carbocycles. The van der Waals surface area contributed by atoms with Gasteiger partial charge in [0, 0.05) is 0 Å². The Bertz CT molecular complexity index is 261. The second-order valence-electron chi connectivity index (χ2n) is 4.19. The van der Waals surface area contributed by atoms with E-state index >= 15 is 0 Å². The van der Waals surface area contributed by atoms with Crippen molar-refractivity contribution < 1.29 is 4.74 Å². The minimum Gasteiger partial charge on any atom is -0.376 e. The maximum absolute atomic E-state index is 5.68. The molecule has 0 amide bonds. The Hall–Kier alpha value is -0.820. The fourth-order valence-corrected chi connectivity index (χ4v) is 1.57. The Morgan fingerprint density at radius 3 is 2.14 bits per heavy atom. The molecule has 0 saturated heterocycles. The molecule has 1 atom stereocenters. The third kappa shape index (κ3) is 3.93. The first-order valence-corrected chi connectivity index (χ1v) is 5.29.